The summed E-state index contributed by atoms with van der Waals surface area (Å²) in [6.07, 6.45) is 2.77. The molecule has 1 fully saturated rings. The Kier molecular flexibility index (Phi) is 7.27. The molecule has 0 bridgehead atoms. The summed E-state index contributed by atoms with van der Waals surface area (Å²) in [5.41, 5.74) is 1.98. The summed E-state index contributed by atoms with van der Waals surface area (Å²) in [6, 6.07) is 14.3. The highest BCUT2D eigenvalue weighted by Crippen LogP contribution is 2.31. The standard InChI is InChI=1S/C26H25N3O6S/c1-3-35-26(32)20-8-10-21(11-9-20)29-24(30)15-23(25(29)31)28(17-19-5-4-14-27-16-19)36(33,34)22-12-6-18(2)7-13-22/h4-14,16,23H,3,15,17H2,1-2H3. The van der Waals surface area contributed by atoms with Gasteiger partial charge in [0.2, 0.25) is 15.9 Å². The van der Waals surface area contributed by atoms with Gasteiger partial charge < -0.3 is 4.74 Å². The number of aromatic nitrogens is 1. The number of amides is 2. The molecule has 10 heteroatoms. The fourth-order valence-electron chi connectivity index (χ4n) is 3.95. The van der Waals surface area contributed by atoms with Crippen LogP contribution in [0.5, 0.6) is 0 Å². The lowest BCUT2D eigenvalue weighted by Gasteiger charge is -2.27. The zero-order valence-corrected chi connectivity index (χ0v) is 20.6. The number of carbonyl (C=O) groups excluding carboxylic acids is 3. The zero-order chi connectivity index (χ0) is 25.9. The first-order valence-corrected chi connectivity index (χ1v) is 12.8. The van der Waals surface area contributed by atoms with E-state index in [2.05, 4.69) is 4.98 Å². The highest BCUT2D eigenvalue weighted by molar-refractivity contribution is 7.89. The van der Waals surface area contributed by atoms with Gasteiger partial charge in [-0.05, 0) is 61.9 Å². The van der Waals surface area contributed by atoms with Crippen LogP contribution in [0.4, 0.5) is 5.69 Å². The minimum absolute atomic E-state index is 0.0227. The first-order chi connectivity index (χ1) is 17.2. The Labute approximate surface area is 209 Å². The van der Waals surface area contributed by atoms with Crippen molar-refractivity contribution in [3.63, 3.8) is 0 Å². The molecule has 0 N–H and O–H groups in total. The molecule has 2 aromatic carbocycles. The minimum atomic E-state index is -4.14. The maximum atomic E-state index is 13.7. The third-order valence-corrected chi connectivity index (χ3v) is 7.66. The van der Waals surface area contributed by atoms with E-state index < -0.39 is 33.8 Å². The number of imide groups is 1. The molecule has 1 aliphatic rings. The number of hydrogen-bond donors (Lipinski definition) is 0. The molecule has 3 aromatic rings. The van der Waals surface area contributed by atoms with Crippen LogP contribution in [0.3, 0.4) is 0 Å². The number of rotatable bonds is 8. The fourth-order valence-corrected chi connectivity index (χ4v) is 5.52. The van der Waals surface area contributed by atoms with Gasteiger partial charge in [-0.1, -0.05) is 23.8 Å². The van der Waals surface area contributed by atoms with Crippen LogP contribution in [0.2, 0.25) is 0 Å². The monoisotopic (exact) mass is 507 g/mol. The van der Waals surface area contributed by atoms with E-state index in [-0.39, 0.29) is 35.7 Å². The van der Waals surface area contributed by atoms with Gasteiger partial charge in [0, 0.05) is 18.9 Å². The molecule has 0 radical (unpaired) electrons. The molecule has 1 saturated heterocycles. The number of esters is 1. The largest absolute Gasteiger partial charge is 0.462 e. The first-order valence-electron chi connectivity index (χ1n) is 11.3. The smallest absolute Gasteiger partial charge is 0.338 e. The Balaban J connectivity index is 1.68. The molecule has 1 aliphatic heterocycles. The summed E-state index contributed by atoms with van der Waals surface area (Å²) in [7, 11) is -4.14. The second-order valence-electron chi connectivity index (χ2n) is 8.28. The molecule has 2 amide bonds. The maximum absolute atomic E-state index is 13.7. The number of pyridine rings is 1. The van der Waals surface area contributed by atoms with Crippen molar-refractivity contribution in [3.8, 4) is 0 Å². The molecule has 4 rings (SSSR count). The Bertz CT molecular complexity index is 1370. The zero-order valence-electron chi connectivity index (χ0n) is 19.8. The fraction of sp³-hybridized carbons (Fsp3) is 0.231. The summed E-state index contributed by atoms with van der Waals surface area (Å²) in [5.74, 6) is -1.72. The van der Waals surface area contributed by atoms with Gasteiger partial charge in [0.1, 0.15) is 6.04 Å². The van der Waals surface area contributed by atoms with Crippen molar-refractivity contribution < 1.29 is 27.5 Å². The third-order valence-electron chi connectivity index (χ3n) is 5.80. The van der Waals surface area contributed by atoms with E-state index >= 15 is 0 Å². The van der Waals surface area contributed by atoms with E-state index in [1.54, 1.807) is 37.4 Å². The molecule has 186 valence electrons. The Morgan fingerprint density at radius 3 is 2.39 bits per heavy atom. The number of aryl methyl sites for hydroxylation is 1. The topological polar surface area (TPSA) is 114 Å². The summed E-state index contributed by atoms with van der Waals surface area (Å²) in [6.45, 7) is 3.61. The van der Waals surface area contributed by atoms with Crippen molar-refractivity contribution in [1.29, 1.82) is 0 Å². The van der Waals surface area contributed by atoms with Gasteiger partial charge >= 0.3 is 5.97 Å². The molecular weight excluding hydrogens is 482 g/mol. The number of nitrogens with zero attached hydrogens (tertiary/aromatic N) is 3. The molecule has 0 aliphatic carbocycles. The van der Waals surface area contributed by atoms with Crippen molar-refractivity contribution in [2.24, 2.45) is 0 Å². The summed E-state index contributed by atoms with van der Waals surface area (Å²) >= 11 is 0. The van der Waals surface area contributed by atoms with Crippen LogP contribution >= 0.6 is 0 Å². The Morgan fingerprint density at radius 1 is 1.08 bits per heavy atom. The van der Waals surface area contributed by atoms with Gasteiger partial charge in [-0.3, -0.25) is 14.6 Å². The van der Waals surface area contributed by atoms with Crippen LogP contribution < -0.4 is 4.90 Å². The van der Waals surface area contributed by atoms with E-state index in [0.29, 0.717) is 5.56 Å². The number of hydrogen-bond acceptors (Lipinski definition) is 7. The minimum Gasteiger partial charge on any atom is -0.462 e. The van der Waals surface area contributed by atoms with Crippen LogP contribution in [0.25, 0.3) is 0 Å². The van der Waals surface area contributed by atoms with E-state index in [1.165, 1.54) is 42.6 Å². The molecule has 9 nitrogen and oxygen atoms in total. The normalized spacial score (nSPS) is 16.0. The van der Waals surface area contributed by atoms with E-state index in [1.807, 2.05) is 6.92 Å². The Hall–Kier alpha value is -3.89. The lowest BCUT2D eigenvalue weighted by Crippen LogP contribution is -2.45. The number of benzene rings is 2. The van der Waals surface area contributed by atoms with Gasteiger partial charge in [0.25, 0.3) is 5.91 Å². The summed E-state index contributed by atoms with van der Waals surface area (Å²) in [4.78, 5) is 43.4. The van der Waals surface area contributed by atoms with Crippen LogP contribution in [0.15, 0.2) is 78.0 Å². The van der Waals surface area contributed by atoms with Crippen LogP contribution in [-0.2, 0) is 30.9 Å². The van der Waals surface area contributed by atoms with E-state index in [0.717, 1.165) is 14.8 Å². The predicted octanol–water partition coefficient (Wildman–Crippen LogP) is 3.09. The Morgan fingerprint density at radius 2 is 1.78 bits per heavy atom. The van der Waals surface area contributed by atoms with Crippen LogP contribution in [0, 0.1) is 6.92 Å². The SMILES string of the molecule is CCOC(=O)c1ccc(N2C(=O)CC(N(Cc3cccnc3)S(=O)(=O)c3ccc(C)cc3)C2=O)cc1. The number of anilines is 1. The van der Waals surface area contributed by atoms with E-state index in [4.69, 9.17) is 4.74 Å². The summed E-state index contributed by atoms with van der Waals surface area (Å²) < 4.78 is 33.4. The van der Waals surface area contributed by atoms with Crippen molar-refractivity contribution in [3.05, 3.63) is 89.7 Å². The maximum Gasteiger partial charge on any atom is 0.338 e. The quantitative estimate of drug-likeness (QED) is 0.340. The van der Waals surface area contributed by atoms with Gasteiger partial charge in [0.05, 0.1) is 29.2 Å². The highest BCUT2D eigenvalue weighted by Gasteiger charge is 2.47. The second-order valence-corrected chi connectivity index (χ2v) is 10.2. The number of ether oxygens (including phenoxy) is 1. The average Bonchev–Trinajstić information content (AvgIpc) is 3.16. The molecule has 1 unspecified atom stereocenters. The number of carbonyl (C=O) groups is 3. The molecule has 1 aromatic heterocycles. The lowest BCUT2D eigenvalue weighted by molar-refractivity contribution is -0.122. The second kappa shape index (κ2) is 10.4. The van der Waals surface area contributed by atoms with Crippen LogP contribution in [0.1, 0.15) is 34.8 Å². The molecule has 0 spiro atoms. The van der Waals surface area contributed by atoms with Crippen molar-refractivity contribution >= 4 is 33.5 Å². The van der Waals surface area contributed by atoms with Crippen LogP contribution in [-0.4, -0.2) is 48.1 Å². The molecule has 1 atom stereocenters. The lowest BCUT2D eigenvalue weighted by atomic mass is 10.2. The van der Waals surface area contributed by atoms with Gasteiger partial charge in [0.15, 0.2) is 0 Å². The van der Waals surface area contributed by atoms with Gasteiger partial charge in [-0.2, -0.15) is 4.31 Å². The third kappa shape index (κ3) is 5.05. The molecule has 0 saturated carbocycles. The van der Waals surface area contributed by atoms with E-state index in [9.17, 15) is 22.8 Å². The van der Waals surface area contributed by atoms with Crippen molar-refractivity contribution in [2.45, 2.75) is 37.8 Å². The highest BCUT2D eigenvalue weighted by atomic mass is 32.2. The molecule has 2 heterocycles. The molecular formula is C26H25N3O6S. The van der Waals surface area contributed by atoms with Gasteiger partial charge in [-0.15, -0.1) is 0 Å². The van der Waals surface area contributed by atoms with Gasteiger partial charge in [-0.25, -0.2) is 18.1 Å². The predicted molar refractivity (Wildman–Crippen MR) is 131 cm³/mol. The first kappa shape index (κ1) is 25.2. The molecule has 36 heavy (non-hydrogen) atoms. The van der Waals surface area contributed by atoms with Crippen molar-refractivity contribution in [1.82, 2.24) is 9.29 Å². The average molecular weight is 508 g/mol. The number of sulfonamides is 1. The summed E-state index contributed by atoms with van der Waals surface area (Å²) in [5, 5.41) is 0. The van der Waals surface area contributed by atoms with Crippen molar-refractivity contribution in [2.75, 3.05) is 11.5 Å².